The average molecular weight is 547 g/mol. The molecule has 2 amide bonds. The summed E-state index contributed by atoms with van der Waals surface area (Å²) in [5, 5.41) is 0. The number of amides is 2. The van der Waals surface area contributed by atoms with Gasteiger partial charge in [-0.2, -0.15) is 0 Å². The van der Waals surface area contributed by atoms with E-state index in [1.54, 1.807) is 6.92 Å². The van der Waals surface area contributed by atoms with Crippen LogP contribution in [0.5, 0.6) is 0 Å². The van der Waals surface area contributed by atoms with Gasteiger partial charge in [0, 0.05) is 57.1 Å². The van der Waals surface area contributed by atoms with E-state index in [9.17, 15) is 9.59 Å². The standard InChI is InChI=1S/C32H42N4O4/c1-21(37)35-14-9-22(10-15-35)27-19-25(20-34-30(27)33)24-7-8-26(23-11-16-39-17-12-23)28(18-24)29-6-5-13-36(29)31(38)40-32(2,3)4/h7-9,18-20,23,29H,5-6,10-17H2,1-4H3,(H2,33,34)/t29-/m0/s1. The summed E-state index contributed by atoms with van der Waals surface area (Å²) in [5.74, 6) is 0.979. The highest BCUT2D eigenvalue weighted by Crippen LogP contribution is 2.42. The number of ether oxygens (including phenoxy) is 2. The Morgan fingerprint density at radius 2 is 1.82 bits per heavy atom. The second-order valence-electron chi connectivity index (χ2n) is 12.2. The Labute approximate surface area is 237 Å². The van der Waals surface area contributed by atoms with Crippen molar-refractivity contribution in [3.63, 3.8) is 0 Å². The number of hydrogen-bond donors (Lipinski definition) is 1. The largest absolute Gasteiger partial charge is 0.444 e. The fraction of sp³-hybridized carbons (Fsp3) is 0.531. The first kappa shape index (κ1) is 28.1. The third kappa shape index (κ3) is 6.17. The zero-order chi connectivity index (χ0) is 28.4. The highest BCUT2D eigenvalue weighted by atomic mass is 16.6. The first-order valence-corrected chi connectivity index (χ1v) is 14.5. The van der Waals surface area contributed by atoms with Crippen LogP contribution in [-0.2, 0) is 14.3 Å². The molecule has 3 aliphatic heterocycles. The van der Waals surface area contributed by atoms with Crippen LogP contribution in [0, 0.1) is 0 Å². The van der Waals surface area contributed by atoms with Crippen LogP contribution in [0.3, 0.4) is 0 Å². The Morgan fingerprint density at radius 3 is 2.50 bits per heavy atom. The molecule has 0 unspecified atom stereocenters. The van der Waals surface area contributed by atoms with Crippen molar-refractivity contribution in [2.45, 2.75) is 77.4 Å². The quantitative estimate of drug-likeness (QED) is 0.510. The molecule has 1 aromatic heterocycles. The Hall–Kier alpha value is -3.39. The van der Waals surface area contributed by atoms with Crippen molar-refractivity contribution in [2.24, 2.45) is 0 Å². The lowest BCUT2D eigenvalue weighted by atomic mass is 9.83. The van der Waals surface area contributed by atoms with Crippen molar-refractivity contribution in [3.05, 3.63) is 53.2 Å². The van der Waals surface area contributed by atoms with Gasteiger partial charge in [0.2, 0.25) is 5.91 Å². The molecule has 4 heterocycles. The second-order valence-corrected chi connectivity index (χ2v) is 12.2. The molecule has 2 saturated heterocycles. The molecule has 1 aromatic carbocycles. The summed E-state index contributed by atoms with van der Waals surface area (Å²) >= 11 is 0. The molecule has 0 spiro atoms. The Balaban J connectivity index is 1.51. The van der Waals surface area contributed by atoms with Crippen molar-refractivity contribution in [3.8, 4) is 11.1 Å². The number of nitrogens with two attached hydrogens (primary N) is 1. The van der Waals surface area contributed by atoms with Crippen LogP contribution < -0.4 is 5.73 Å². The van der Waals surface area contributed by atoms with Gasteiger partial charge in [-0.1, -0.05) is 18.2 Å². The van der Waals surface area contributed by atoms with E-state index in [1.165, 1.54) is 11.1 Å². The van der Waals surface area contributed by atoms with Gasteiger partial charge in [-0.05, 0) is 93.2 Å². The minimum Gasteiger partial charge on any atom is -0.444 e. The lowest BCUT2D eigenvalue weighted by Crippen LogP contribution is -2.36. The molecule has 214 valence electrons. The van der Waals surface area contributed by atoms with E-state index in [4.69, 9.17) is 15.2 Å². The number of carbonyl (C=O) groups is 2. The molecule has 40 heavy (non-hydrogen) atoms. The van der Waals surface area contributed by atoms with Crippen molar-refractivity contribution in [2.75, 3.05) is 38.6 Å². The first-order valence-electron chi connectivity index (χ1n) is 14.5. The number of benzene rings is 1. The van der Waals surface area contributed by atoms with Crippen molar-refractivity contribution < 1.29 is 19.1 Å². The van der Waals surface area contributed by atoms with Crippen molar-refractivity contribution in [1.82, 2.24) is 14.8 Å². The summed E-state index contributed by atoms with van der Waals surface area (Å²) in [6.45, 7) is 10.8. The van der Waals surface area contributed by atoms with E-state index >= 15 is 0 Å². The maximum Gasteiger partial charge on any atom is 0.410 e. The molecule has 0 radical (unpaired) electrons. The molecule has 8 heteroatoms. The summed E-state index contributed by atoms with van der Waals surface area (Å²) in [7, 11) is 0. The molecule has 3 aliphatic rings. The van der Waals surface area contributed by atoms with E-state index in [0.29, 0.717) is 31.4 Å². The first-order chi connectivity index (χ1) is 19.1. The zero-order valence-electron chi connectivity index (χ0n) is 24.2. The number of likely N-dealkylation sites (tertiary alicyclic amines) is 1. The smallest absolute Gasteiger partial charge is 0.410 e. The van der Waals surface area contributed by atoms with Gasteiger partial charge in [0.1, 0.15) is 11.4 Å². The molecule has 2 aromatic rings. The lowest BCUT2D eigenvalue weighted by Gasteiger charge is -2.32. The van der Waals surface area contributed by atoms with Crippen LogP contribution in [0.25, 0.3) is 16.7 Å². The molecule has 0 aliphatic carbocycles. The zero-order valence-corrected chi connectivity index (χ0v) is 24.2. The van der Waals surface area contributed by atoms with Gasteiger partial charge in [0.25, 0.3) is 0 Å². The highest BCUT2D eigenvalue weighted by molar-refractivity contribution is 5.80. The van der Waals surface area contributed by atoms with Gasteiger partial charge in [-0.25, -0.2) is 9.78 Å². The molecule has 2 fully saturated rings. The Kier molecular flexibility index (Phi) is 8.17. The Morgan fingerprint density at radius 1 is 1.05 bits per heavy atom. The minimum absolute atomic E-state index is 0.0347. The predicted molar refractivity (Wildman–Crippen MR) is 157 cm³/mol. The van der Waals surface area contributed by atoms with Gasteiger partial charge in [-0.15, -0.1) is 0 Å². The minimum atomic E-state index is -0.545. The van der Waals surface area contributed by atoms with E-state index in [-0.39, 0.29) is 18.0 Å². The third-order valence-corrected chi connectivity index (χ3v) is 8.24. The van der Waals surface area contributed by atoms with Gasteiger partial charge in [0.15, 0.2) is 0 Å². The number of hydrogen-bond acceptors (Lipinski definition) is 6. The van der Waals surface area contributed by atoms with E-state index < -0.39 is 5.60 Å². The summed E-state index contributed by atoms with van der Waals surface area (Å²) in [5.41, 5.74) is 12.4. The summed E-state index contributed by atoms with van der Waals surface area (Å²) < 4.78 is 11.5. The second kappa shape index (κ2) is 11.6. The SMILES string of the molecule is CC(=O)N1CC=C(c2cc(-c3ccc(C4CCOCC4)c([C@@H]4CCCN4C(=O)OC(C)(C)C)c3)cnc2N)CC1. The lowest BCUT2D eigenvalue weighted by molar-refractivity contribution is -0.128. The van der Waals surface area contributed by atoms with Crippen LogP contribution in [-0.4, -0.2) is 65.2 Å². The number of rotatable bonds is 4. The van der Waals surface area contributed by atoms with Gasteiger partial charge in [0.05, 0.1) is 6.04 Å². The van der Waals surface area contributed by atoms with Crippen molar-refractivity contribution in [1.29, 1.82) is 0 Å². The van der Waals surface area contributed by atoms with Gasteiger partial charge >= 0.3 is 6.09 Å². The molecule has 2 N–H and O–H groups in total. The fourth-order valence-corrected chi connectivity index (χ4v) is 6.14. The molecule has 1 atom stereocenters. The average Bonchev–Trinajstić information content (AvgIpc) is 3.43. The number of nitrogens with zero attached hydrogens (tertiary/aromatic N) is 3. The summed E-state index contributed by atoms with van der Waals surface area (Å²) in [6, 6.07) is 8.75. The van der Waals surface area contributed by atoms with Crippen molar-refractivity contribution >= 4 is 23.4 Å². The van der Waals surface area contributed by atoms with Gasteiger partial charge in [-0.3, -0.25) is 4.79 Å². The van der Waals surface area contributed by atoms with Crippen LogP contribution in [0.1, 0.15) is 88.4 Å². The summed E-state index contributed by atoms with van der Waals surface area (Å²) in [6.07, 6.45) is 8.21. The fourth-order valence-electron chi connectivity index (χ4n) is 6.14. The highest BCUT2D eigenvalue weighted by Gasteiger charge is 2.35. The monoisotopic (exact) mass is 546 g/mol. The van der Waals surface area contributed by atoms with Crippen LogP contribution in [0.15, 0.2) is 36.5 Å². The normalized spacial score (nSPS) is 20.4. The molecule has 0 saturated carbocycles. The molecular formula is C32H42N4O4. The topological polar surface area (TPSA) is 98.0 Å². The number of aromatic nitrogens is 1. The molecule has 8 nitrogen and oxygen atoms in total. The van der Waals surface area contributed by atoms with Crippen LogP contribution >= 0.6 is 0 Å². The van der Waals surface area contributed by atoms with E-state index in [2.05, 4.69) is 35.3 Å². The number of pyridine rings is 1. The maximum absolute atomic E-state index is 13.2. The molecule has 5 rings (SSSR count). The predicted octanol–water partition coefficient (Wildman–Crippen LogP) is 5.93. The maximum atomic E-state index is 13.2. The van der Waals surface area contributed by atoms with E-state index in [1.807, 2.05) is 36.8 Å². The number of carbonyl (C=O) groups excluding carboxylic acids is 2. The van der Waals surface area contributed by atoms with Crippen LogP contribution in [0.4, 0.5) is 10.6 Å². The number of nitrogen functional groups attached to an aromatic ring is 1. The Bertz CT molecular complexity index is 1290. The van der Waals surface area contributed by atoms with Gasteiger partial charge < -0.3 is 25.0 Å². The molecular weight excluding hydrogens is 504 g/mol. The summed E-state index contributed by atoms with van der Waals surface area (Å²) in [4.78, 5) is 33.3. The molecule has 0 bridgehead atoms. The number of anilines is 1. The van der Waals surface area contributed by atoms with Crippen LogP contribution in [0.2, 0.25) is 0 Å². The third-order valence-electron chi connectivity index (χ3n) is 8.24. The van der Waals surface area contributed by atoms with E-state index in [0.717, 1.165) is 67.6 Å².